The molecule has 0 aliphatic carbocycles. The van der Waals surface area contributed by atoms with E-state index in [2.05, 4.69) is 10.1 Å². The van der Waals surface area contributed by atoms with Crippen molar-refractivity contribution in [2.45, 2.75) is 12.6 Å². The summed E-state index contributed by atoms with van der Waals surface area (Å²) >= 11 is 5.85. The van der Waals surface area contributed by atoms with E-state index in [1.165, 1.54) is 0 Å². The fourth-order valence-corrected chi connectivity index (χ4v) is 1.61. The van der Waals surface area contributed by atoms with Crippen LogP contribution in [0.15, 0.2) is 28.8 Å². The Bertz CT molecular complexity index is 532. The van der Waals surface area contributed by atoms with Crippen molar-refractivity contribution in [2.75, 3.05) is 13.7 Å². The monoisotopic (exact) mass is 283 g/mol. The third-order valence-corrected chi connectivity index (χ3v) is 2.56. The van der Waals surface area contributed by atoms with E-state index in [1.54, 1.807) is 31.4 Å². The van der Waals surface area contributed by atoms with Gasteiger partial charge in [-0.3, -0.25) is 0 Å². The maximum atomic E-state index is 5.85. The minimum Gasteiger partial charge on any atom is -0.484 e. The van der Waals surface area contributed by atoms with Crippen LogP contribution < -0.4 is 10.5 Å². The normalized spacial score (nSPS) is 12.4. The van der Waals surface area contributed by atoms with E-state index >= 15 is 0 Å². The number of rotatable bonds is 6. The number of hydrogen-bond donors (Lipinski definition) is 1. The van der Waals surface area contributed by atoms with Crippen LogP contribution in [0.3, 0.4) is 0 Å². The molecule has 1 aromatic carbocycles. The van der Waals surface area contributed by atoms with E-state index in [-0.39, 0.29) is 6.61 Å². The first kappa shape index (κ1) is 13.8. The second-order valence-electron chi connectivity index (χ2n) is 3.85. The van der Waals surface area contributed by atoms with Gasteiger partial charge in [-0.05, 0) is 18.2 Å². The van der Waals surface area contributed by atoms with Crippen LogP contribution in [-0.4, -0.2) is 23.9 Å². The van der Waals surface area contributed by atoms with Gasteiger partial charge in [0.2, 0.25) is 0 Å². The molecular formula is C12H14ClN3O3. The van der Waals surface area contributed by atoms with Gasteiger partial charge in [-0.2, -0.15) is 4.98 Å². The molecule has 0 fully saturated rings. The van der Waals surface area contributed by atoms with Gasteiger partial charge in [0.1, 0.15) is 5.75 Å². The lowest BCUT2D eigenvalue weighted by molar-refractivity contribution is 0.176. The number of methoxy groups -OCH3 is 1. The summed E-state index contributed by atoms with van der Waals surface area (Å²) in [6.07, 6.45) is 0. The van der Waals surface area contributed by atoms with E-state index in [4.69, 9.17) is 31.3 Å². The van der Waals surface area contributed by atoms with Crippen LogP contribution in [0.5, 0.6) is 5.75 Å². The fourth-order valence-electron chi connectivity index (χ4n) is 1.43. The molecule has 0 spiro atoms. The van der Waals surface area contributed by atoms with Gasteiger partial charge < -0.3 is 19.7 Å². The molecule has 102 valence electrons. The van der Waals surface area contributed by atoms with Gasteiger partial charge in [-0.25, -0.2) is 0 Å². The van der Waals surface area contributed by atoms with Crippen LogP contribution in [0.4, 0.5) is 0 Å². The predicted octanol–water partition coefficient (Wildman–Crippen LogP) is 1.95. The van der Waals surface area contributed by atoms with E-state index in [9.17, 15) is 0 Å². The van der Waals surface area contributed by atoms with Crippen LogP contribution in [0, 0.1) is 0 Å². The van der Waals surface area contributed by atoms with Gasteiger partial charge in [-0.1, -0.05) is 22.8 Å². The highest BCUT2D eigenvalue weighted by Gasteiger charge is 2.14. The summed E-state index contributed by atoms with van der Waals surface area (Å²) in [6.45, 7) is 0.487. The Morgan fingerprint density at radius 2 is 2.32 bits per heavy atom. The number of benzene rings is 1. The van der Waals surface area contributed by atoms with Gasteiger partial charge in [0, 0.05) is 12.1 Å². The molecule has 7 heteroatoms. The Balaban J connectivity index is 1.93. The van der Waals surface area contributed by atoms with Crippen LogP contribution in [0.2, 0.25) is 5.02 Å². The number of aromatic nitrogens is 2. The van der Waals surface area contributed by atoms with Gasteiger partial charge >= 0.3 is 0 Å². The van der Waals surface area contributed by atoms with Crippen molar-refractivity contribution in [3.63, 3.8) is 0 Å². The van der Waals surface area contributed by atoms with Crippen LogP contribution in [0.25, 0.3) is 0 Å². The maximum absolute atomic E-state index is 5.85. The number of ether oxygens (including phenoxy) is 2. The highest BCUT2D eigenvalue weighted by Crippen LogP contribution is 2.18. The molecule has 19 heavy (non-hydrogen) atoms. The van der Waals surface area contributed by atoms with E-state index in [0.29, 0.717) is 29.1 Å². The first-order chi connectivity index (χ1) is 9.19. The van der Waals surface area contributed by atoms with Crippen molar-refractivity contribution in [3.05, 3.63) is 41.0 Å². The molecule has 0 aliphatic rings. The minimum atomic E-state index is -0.409. The Kier molecular flexibility index (Phi) is 4.73. The summed E-state index contributed by atoms with van der Waals surface area (Å²) < 4.78 is 15.4. The minimum absolute atomic E-state index is 0.160. The fraction of sp³-hybridized carbons (Fsp3) is 0.333. The highest BCUT2D eigenvalue weighted by atomic mass is 35.5. The summed E-state index contributed by atoms with van der Waals surface area (Å²) in [4.78, 5) is 4.13. The molecule has 1 heterocycles. The molecule has 0 bridgehead atoms. The summed E-state index contributed by atoms with van der Waals surface area (Å²) in [5.41, 5.74) is 5.78. The molecule has 1 atom stereocenters. The lowest BCUT2D eigenvalue weighted by atomic mass is 10.3. The molecule has 1 aromatic heterocycles. The summed E-state index contributed by atoms with van der Waals surface area (Å²) in [6, 6.07) is 6.65. The first-order valence-electron chi connectivity index (χ1n) is 5.64. The number of hydrogen-bond acceptors (Lipinski definition) is 6. The zero-order valence-electron chi connectivity index (χ0n) is 10.4. The predicted molar refractivity (Wildman–Crippen MR) is 68.9 cm³/mol. The second kappa shape index (κ2) is 6.51. The molecule has 2 N–H and O–H groups in total. The Morgan fingerprint density at radius 1 is 1.47 bits per heavy atom. The van der Waals surface area contributed by atoms with E-state index in [0.717, 1.165) is 0 Å². The third kappa shape index (κ3) is 3.92. The molecule has 0 radical (unpaired) electrons. The zero-order chi connectivity index (χ0) is 13.7. The average molecular weight is 284 g/mol. The van der Waals surface area contributed by atoms with Crippen molar-refractivity contribution < 1.29 is 14.0 Å². The third-order valence-electron chi connectivity index (χ3n) is 2.32. The molecule has 2 rings (SSSR count). The second-order valence-corrected chi connectivity index (χ2v) is 4.29. The molecular weight excluding hydrogens is 270 g/mol. The highest BCUT2D eigenvalue weighted by molar-refractivity contribution is 6.30. The summed E-state index contributed by atoms with van der Waals surface area (Å²) in [5.74, 6) is 1.38. The average Bonchev–Trinajstić information content (AvgIpc) is 2.86. The zero-order valence-corrected chi connectivity index (χ0v) is 11.1. The van der Waals surface area contributed by atoms with Crippen LogP contribution in [-0.2, 0) is 11.3 Å². The molecule has 2 aromatic rings. The van der Waals surface area contributed by atoms with Crippen molar-refractivity contribution in [3.8, 4) is 5.75 Å². The largest absolute Gasteiger partial charge is 0.484 e. The van der Waals surface area contributed by atoms with E-state index < -0.39 is 6.04 Å². The standard InChI is InChI=1S/C12H14ClN3O3/c1-17-6-10(14)12-15-11(19-16-12)7-18-9-4-2-3-8(13)5-9/h2-5,10H,6-7,14H2,1H3. The smallest absolute Gasteiger partial charge is 0.264 e. The van der Waals surface area contributed by atoms with Gasteiger partial charge in [0.15, 0.2) is 12.4 Å². The molecule has 0 saturated carbocycles. The summed E-state index contributed by atoms with van der Waals surface area (Å²) in [5, 5.41) is 4.37. The Morgan fingerprint density at radius 3 is 3.05 bits per heavy atom. The van der Waals surface area contributed by atoms with Gasteiger partial charge in [0.25, 0.3) is 5.89 Å². The van der Waals surface area contributed by atoms with Crippen LogP contribution >= 0.6 is 11.6 Å². The first-order valence-corrected chi connectivity index (χ1v) is 6.02. The van der Waals surface area contributed by atoms with Crippen molar-refractivity contribution in [1.29, 1.82) is 0 Å². The molecule has 0 amide bonds. The lowest BCUT2D eigenvalue weighted by Crippen LogP contribution is -2.17. The number of nitrogens with zero attached hydrogens (tertiary/aromatic N) is 2. The number of nitrogens with two attached hydrogens (primary N) is 1. The lowest BCUT2D eigenvalue weighted by Gasteiger charge is -2.04. The number of halogens is 1. The summed E-state index contributed by atoms with van der Waals surface area (Å²) in [7, 11) is 1.56. The Hall–Kier alpha value is -1.63. The Labute approximate surface area is 115 Å². The molecule has 6 nitrogen and oxygen atoms in total. The maximum Gasteiger partial charge on any atom is 0.264 e. The molecule has 0 aliphatic heterocycles. The van der Waals surface area contributed by atoms with Crippen molar-refractivity contribution >= 4 is 11.6 Å². The van der Waals surface area contributed by atoms with Crippen molar-refractivity contribution in [2.24, 2.45) is 5.73 Å². The van der Waals surface area contributed by atoms with Gasteiger partial charge in [0.05, 0.1) is 12.6 Å². The van der Waals surface area contributed by atoms with Crippen LogP contribution in [0.1, 0.15) is 17.8 Å². The topological polar surface area (TPSA) is 83.4 Å². The quantitative estimate of drug-likeness (QED) is 0.872. The SMILES string of the molecule is COCC(N)c1noc(COc2cccc(Cl)c2)n1. The van der Waals surface area contributed by atoms with Gasteiger partial charge in [-0.15, -0.1) is 0 Å². The molecule has 0 saturated heterocycles. The molecule has 1 unspecified atom stereocenters. The van der Waals surface area contributed by atoms with E-state index in [1.807, 2.05) is 0 Å². The van der Waals surface area contributed by atoms with Crippen molar-refractivity contribution in [1.82, 2.24) is 10.1 Å².